The average molecular weight is 346 g/mol. The molecule has 2 aromatic rings. The van der Waals surface area contributed by atoms with Crippen LogP contribution < -0.4 is 0 Å². The van der Waals surface area contributed by atoms with Crippen LogP contribution in [-0.4, -0.2) is 0 Å². The minimum Gasteiger partial charge on any atom is -0.192 e. The third-order valence-corrected chi connectivity index (χ3v) is 4.58. The Labute approximate surface area is 148 Å². The molecule has 0 heterocycles. The van der Waals surface area contributed by atoms with Crippen LogP contribution in [0, 0.1) is 11.3 Å². The van der Waals surface area contributed by atoms with Crippen molar-refractivity contribution in [1.82, 2.24) is 0 Å². The Morgan fingerprint density at radius 2 is 1.52 bits per heavy atom. The van der Waals surface area contributed by atoms with E-state index >= 15 is 0 Å². The summed E-state index contributed by atoms with van der Waals surface area (Å²) in [6.07, 6.45) is 7.57. The van der Waals surface area contributed by atoms with Crippen molar-refractivity contribution in [2.45, 2.75) is 45.4 Å². The maximum atomic E-state index is 8.95. The second-order valence-corrected chi connectivity index (χ2v) is 6.60. The Kier molecular flexibility index (Phi) is 6.96. The Morgan fingerprint density at radius 1 is 0.913 bits per heavy atom. The van der Waals surface area contributed by atoms with Gasteiger partial charge in [-0.15, -0.1) is 0 Å². The summed E-state index contributed by atoms with van der Waals surface area (Å²) in [7, 11) is 0. The van der Waals surface area contributed by atoms with Crippen LogP contribution in [0.3, 0.4) is 0 Å². The highest BCUT2D eigenvalue weighted by atomic mass is 35.5. The standard InChI is InChI=1S/C20H21Cl2N/c1-2-3-4-5-6-7-15-8-10-17(11-9-15)20-18(21)12-16(14-23)13-19(20)22/h8-13H,2-7H2,1H3. The molecule has 2 rings (SSSR count). The summed E-state index contributed by atoms with van der Waals surface area (Å²) in [5.41, 5.74) is 3.60. The quantitative estimate of drug-likeness (QED) is 0.493. The summed E-state index contributed by atoms with van der Waals surface area (Å²) in [4.78, 5) is 0. The molecule has 0 fully saturated rings. The molecule has 0 aliphatic rings. The predicted octanol–water partition coefficient (Wildman–Crippen LogP) is 7.04. The maximum Gasteiger partial charge on any atom is 0.0992 e. The van der Waals surface area contributed by atoms with E-state index in [-0.39, 0.29) is 0 Å². The van der Waals surface area contributed by atoms with Gasteiger partial charge in [0.15, 0.2) is 0 Å². The van der Waals surface area contributed by atoms with Gasteiger partial charge in [0.05, 0.1) is 21.7 Å². The molecule has 120 valence electrons. The number of unbranched alkanes of at least 4 members (excludes halogenated alkanes) is 4. The van der Waals surface area contributed by atoms with Crippen molar-refractivity contribution in [3.8, 4) is 17.2 Å². The van der Waals surface area contributed by atoms with Crippen LogP contribution in [0.2, 0.25) is 10.0 Å². The number of hydrogen-bond acceptors (Lipinski definition) is 1. The van der Waals surface area contributed by atoms with Crippen LogP contribution in [0.15, 0.2) is 36.4 Å². The lowest BCUT2D eigenvalue weighted by molar-refractivity contribution is 0.632. The molecule has 0 radical (unpaired) electrons. The zero-order valence-corrected chi connectivity index (χ0v) is 14.9. The summed E-state index contributed by atoms with van der Waals surface area (Å²) in [6, 6.07) is 13.8. The van der Waals surface area contributed by atoms with E-state index in [0.717, 1.165) is 17.5 Å². The van der Waals surface area contributed by atoms with Gasteiger partial charge in [-0.05, 0) is 36.1 Å². The number of nitrogens with zero attached hydrogens (tertiary/aromatic N) is 1. The first-order valence-corrected chi connectivity index (χ1v) is 8.89. The first-order valence-electron chi connectivity index (χ1n) is 8.14. The van der Waals surface area contributed by atoms with E-state index < -0.39 is 0 Å². The van der Waals surface area contributed by atoms with Gasteiger partial charge >= 0.3 is 0 Å². The second kappa shape index (κ2) is 8.96. The monoisotopic (exact) mass is 345 g/mol. The average Bonchev–Trinajstić information content (AvgIpc) is 2.55. The summed E-state index contributed by atoms with van der Waals surface area (Å²) < 4.78 is 0. The predicted molar refractivity (Wildman–Crippen MR) is 99.1 cm³/mol. The molecule has 0 atom stereocenters. The molecule has 3 heteroatoms. The highest BCUT2D eigenvalue weighted by molar-refractivity contribution is 6.39. The second-order valence-electron chi connectivity index (χ2n) is 5.79. The van der Waals surface area contributed by atoms with Crippen LogP contribution in [0.1, 0.15) is 50.2 Å². The minimum atomic E-state index is 0.479. The van der Waals surface area contributed by atoms with Gasteiger partial charge in [0.2, 0.25) is 0 Å². The topological polar surface area (TPSA) is 23.8 Å². The fourth-order valence-electron chi connectivity index (χ4n) is 2.68. The Balaban J connectivity index is 2.07. The molecular formula is C20H21Cl2N. The van der Waals surface area contributed by atoms with Crippen LogP contribution in [0.25, 0.3) is 11.1 Å². The lowest BCUT2D eigenvalue weighted by Crippen LogP contribution is -1.88. The fraction of sp³-hybridized carbons (Fsp3) is 0.350. The molecule has 1 nitrogen and oxygen atoms in total. The van der Waals surface area contributed by atoms with Crippen molar-refractivity contribution < 1.29 is 0 Å². The highest BCUT2D eigenvalue weighted by Gasteiger charge is 2.10. The summed E-state index contributed by atoms with van der Waals surface area (Å²) in [6.45, 7) is 2.23. The Morgan fingerprint density at radius 3 is 2.09 bits per heavy atom. The molecule has 0 unspecified atom stereocenters. The Hall–Kier alpha value is -1.49. The molecular weight excluding hydrogens is 325 g/mol. The molecule has 0 aliphatic carbocycles. The maximum absolute atomic E-state index is 8.95. The van der Waals surface area contributed by atoms with Gasteiger partial charge in [-0.2, -0.15) is 5.26 Å². The molecule has 0 saturated carbocycles. The largest absolute Gasteiger partial charge is 0.192 e. The molecule has 0 N–H and O–H groups in total. The van der Waals surface area contributed by atoms with Crippen molar-refractivity contribution in [1.29, 1.82) is 5.26 Å². The Bertz CT molecular complexity index is 661. The first-order chi connectivity index (χ1) is 11.2. The third-order valence-electron chi connectivity index (χ3n) is 3.98. The normalized spacial score (nSPS) is 10.5. The minimum absolute atomic E-state index is 0.479. The van der Waals surface area contributed by atoms with Gasteiger partial charge in [0.25, 0.3) is 0 Å². The van der Waals surface area contributed by atoms with Crippen molar-refractivity contribution in [3.05, 3.63) is 57.6 Å². The number of rotatable bonds is 7. The zero-order chi connectivity index (χ0) is 16.7. The lowest BCUT2D eigenvalue weighted by atomic mass is 10.00. The van der Waals surface area contributed by atoms with E-state index in [0.29, 0.717) is 15.6 Å². The smallest absolute Gasteiger partial charge is 0.0992 e. The number of benzene rings is 2. The number of aryl methyl sites for hydroxylation is 1. The molecule has 0 aliphatic heterocycles. The van der Waals surface area contributed by atoms with Gasteiger partial charge in [-0.3, -0.25) is 0 Å². The van der Waals surface area contributed by atoms with Gasteiger partial charge < -0.3 is 0 Å². The van der Waals surface area contributed by atoms with E-state index in [1.54, 1.807) is 12.1 Å². The number of nitriles is 1. The van der Waals surface area contributed by atoms with Crippen LogP contribution >= 0.6 is 23.2 Å². The van der Waals surface area contributed by atoms with E-state index in [2.05, 4.69) is 37.3 Å². The molecule has 2 aromatic carbocycles. The highest BCUT2D eigenvalue weighted by Crippen LogP contribution is 2.35. The molecule has 0 amide bonds. The number of halogens is 2. The van der Waals surface area contributed by atoms with Crippen molar-refractivity contribution in [2.75, 3.05) is 0 Å². The fourth-order valence-corrected chi connectivity index (χ4v) is 3.39. The van der Waals surface area contributed by atoms with E-state index in [1.807, 2.05) is 0 Å². The van der Waals surface area contributed by atoms with Gasteiger partial charge in [-0.1, -0.05) is 80.1 Å². The summed E-state index contributed by atoms with van der Waals surface area (Å²) in [5, 5.41) is 9.98. The van der Waals surface area contributed by atoms with Crippen molar-refractivity contribution in [3.63, 3.8) is 0 Å². The molecule has 0 spiro atoms. The van der Waals surface area contributed by atoms with Crippen molar-refractivity contribution >= 4 is 23.2 Å². The van der Waals surface area contributed by atoms with Crippen LogP contribution in [-0.2, 0) is 6.42 Å². The summed E-state index contributed by atoms with van der Waals surface area (Å²) in [5.74, 6) is 0. The van der Waals surface area contributed by atoms with E-state index in [4.69, 9.17) is 28.5 Å². The van der Waals surface area contributed by atoms with Crippen LogP contribution in [0.4, 0.5) is 0 Å². The van der Waals surface area contributed by atoms with E-state index in [1.165, 1.54) is 37.7 Å². The van der Waals surface area contributed by atoms with Gasteiger partial charge in [-0.25, -0.2) is 0 Å². The SMILES string of the molecule is CCCCCCCc1ccc(-c2c(Cl)cc(C#N)cc2Cl)cc1. The zero-order valence-electron chi connectivity index (χ0n) is 13.4. The van der Waals surface area contributed by atoms with E-state index in [9.17, 15) is 0 Å². The third kappa shape index (κ3) is 4.99. The molecule has 0 bridgehead atoms. The summed E-state index contributed by atoms with van der Waals surface area (Å²) >= 11 is 12.6. The molecule has 0 saturated heterocycles. The first kappa shape index (κ1) is 17.9. The van der Waals surface area contributed by atoms with Gasteiger partial charge in [0, 0.05) is 5.56 Å². The molecule has 23 heavy (non-hydrogen) atoms. The van der Waals surface area contributed by atoms with Crippen molar-refractivity contribution in [2.24, 2.45) is 0 Å². The number of hydrogen-bond donors (Lipinski definition) is 0. The lowest BCUT2D eigenvalue weighted by Gasteiger charge is -2.09. The van der Waals surface area contributed by atoms with Crippen LogP contribution in [0.5, 0.6) is 0 Å². The van der Waals surface area contributed by atoms with Gasteiger partial charge in [0.1, 0.15) is 0 Å². The molecule has 0 aromatic heterocycles.